The van der Waals surface area contributed by atoms with Crippen molar-refractivity contribution >= 4 is 191 Å². The first-order valence-electron chi connectivity index (χ1n) is 30.4. The SMILES string of the molecule is CCC(=O)O.COC(=O)c1ccc(Br)cc1C.COC(=O)c1ccc(Br)cc1CBr.Cc1cc(Br)ccc1C(=O)O.Cl.ClC(Cl)(Cl)Cl.Nc1ccccc1.O=C1c2ccc(Br)cc2CN1c1ccccc1.O=C1c2ccc(Oc3cccnc3)cc2CN1c1ccccc1.Oc1cccnc1.[2H]CF. The molecule has 103 heavy (non-hydrogen) atoms. The van der Waals surface area contributed by atoms with Crippen LogP contribution in [0.2, 0.25) is 0 Å². The van der Waals surface area contributed by atoms with Crippen LogP contribution < -0.4 is 20.3 Å². The van der Waals surface area contributed by atoms with Gasteiger partial charge in [-0.1, -0.05) is 188 Å². The van der Waals surface area contributed by atoms with Gasteiger partial charge in [-0.05, 0) is 193 Å². The van der Waals surface area contributed by atoms with E-state index in [4.69, 9.17) is 73.6 Å². The molecule has 8 aromatic carbocycles. The number of aliphatic carboxylic acids is 1. The van der Waals surface area contributed by atoms with Crippen LogP contribution in [0.4, 0.5) is 21.5 Å². The number of aromatic nitrogens is 2. The van der Waals surface area contributed by atoms with E-state index in [1.54, 1.807) is 84.7 Å². The minimum Gasteiger partial charge on any atom is -0.506 e. The molecule has 2 aromatic heterocycles. The third-order valence-electron chi connectivity index (χ3n) is 13.1. The predicted octanol–water partition coefficient (Wildman–Crippen LogP) is 21.9. The lowest BCUT2D eigenvalue weighted by molar-refractivity contribution is -0.136. The van der Waals surface area contributed by atoms with Gasteiger partial charge in [0.05, 0.1) is 64.9 Å². The minimum atomic E-state index is -1.61. The Morgan fingerprint density at radius 2 is 0.971 bits per heavy atom. The number of anilines is 3. The van der Waals surface area contributed by atoms with Crippen molar-refractivity contribution in [3.05, 3.63) is 305 Å². The molecule has 2 aliphatic rings. The van der Waals surface area contributed by atoms with Crippen molar-refractivity contribution in [2.75, 3.05) is 36.9 Å². The molecule has 0 fully saturated rings. The van der Waals surface area contributed by atoms with Crippen LogP contribution in [-0.2, 0) is 32.7 Å². The number of hydrogen-bond acceptors (Lipinski definition) is 13. The Kier molecular flexibility index (Phi) is 42.4. The molecular weight excluding hydrogens is 1760 g/mol. The van der Waals surface area contributed by atoms with Crippen LogP contribution in [0.1, 0.15) is 94.3 Å². The summed E-state index contributed by atoms with van der Waals surface area (Å²) in [5, 5.41) is 25.6. The molecule has 0 radical (unpaired) electrons. The van der Waals surface area contributed by atoms with E-state index < -0.39 is 22.3 Å². The number of nitrogens with zero attached hydrogens (tertiary/aromatic N) is 4. The van der Waals surface area contributed by atoms with Crippen molar-refractivity contribution in [3.63, 3.8) is 0 Å². The number of esters is 2. The Morgan fingerprint density at radius 3 is 1.35 bits per heavy atom. The molecule has 0 bridgehead atoms. The number of carboxylic acid groups (broad SMARTS) is 2. The van der Waals surface area contributed by atoms with Crippen LogP contribution >= 0.6 is 138 Å². The number of nitrogen functional groups attached to an aromatic ring is 1. The van der Waals surface area contributed by atoms with Gasteiger partial charge in [0.2, 0.25) is 0 Å². The number of fused-ring (bicyclic) bond motifs is 2. The van der Waals surface area contributed by atoms with Gasteiger partial charge in [-0.3, -0.25) is 28.7 Å². The van der Waals surface area contributed by atoms with Gasteiger partial charge in [-0.25, -0.2) is 14.4 Å². The van der Waals surface area contributed by atoms with Crippen LogP contribution in [0.15, 0.2) is 249 Å². The van der Waals surface area contributed by atoms with E-state index >= 15 is 0 Å². The number of pyridine rings is 2. The summed E-state index contributed by atoms with van der Waals surface area (Å²) in [5.74, 6) is -0.515. The lowest BCUT2D eigenvalue weighted by atomic mass is 10.1. The molecule has 4 heterocycles. The largest absolute Gasteiger partial charge is 0.506 e. The average molecular weight is 1830 g/mol. The number of alkyl halides is 6. The van der Waals surface area contributed by atoms with E-state index in [1.807, 2.05) is 171 Å². The number of aryl methyl sites for hydroxylation is 2. The number of carboxylic acids is 2. The number of hydrogen-bond donors (Lipinski definition) is 4. The number of halogens is 11. The Balaban J connectivity index is 0.000000412. The molecule has 5 N–H and O–H groups in total. The highest BCUT2D eigenvalue weighted by Crippen LogP contribution is 2.34. The van der Waals surface area contributed by atoms with E-state index in [-0.39, 0.29) is 48.3 Å². The number of carbonyl (C=O) groups excluding carboxylic acids is 4. The maximum absolute atomic E-state index is 12.5. The number of amides is 2. The highest BCUT2D eigenvalue weighted by Gasteiger charge is 2.30. The number of aromatic hydroxyl groups is 1. The molecule has 0 saturated carbocycles. The molecule has 10 aromatic rings. The predicted molar refractivity (Wildman–Crippen MR) is 428 cm³/mol. The third-order valence-corrected chi connectivity index (χ3v) is 15.7. The number of benzene rings is 8. The summed E-state index contributed by atoms with van der Waals surface area (Å²) < 4.78 is 32.8. The number of rotatable bonds is 9. The number of carbonyl (C=O) groups is 6. The molecule has 28 heteroatoms. The van der Waals surface area contributed by atoms with E-state index in [0.29, 0.717) is 46.6 Å². The smallest absolute Gasteiger partial charge is 0.338 e. The molecule has 0 saturated heterocycles. The lowest BCUT2D eigenvalue weighted by Gasteiger charge is -2.15. The standard InChI is InChI=1S/C19H14N2O2.C14H10BrNO.C9H8Br2O2.C9H9BrO2.C8H7BrO2.C6H7N.C5H5NO.C3H6O2.CCl4.CH3F.ClH/c22-19-18-9-8-16(23-17-7-4-10-20-12-17)11-14(18)13-21(19)15-5-2-1-3-6-15;15-11-6-7-13-10(8-11)9-16(14(13)17)12-4-2-1-3-5-12;1-13-9(12)8-3-2-7(11)4-6(8)5-10;1-6-5-7(10)3-4-8(6)9(11)12-2;1-5-4-6(9)2-3-7(5)8(10)11;7-6-4-2-1-3-5-6;7-5-2-1-3-6-4-5;1-2-3(4)5;2-1(3,4)5;1-2;/h1-12H,13H2;1-8H,9H2;2-4H,5H2,1H3;3-5H,1-2H3;2-4H,1H3,(H,10,11);1-5H,7H2;1-4,7H;2H2,1H3,(H,4,5);;1H3;1H/i;;;;;;;;;1D;. The molecule has 0 aliphatic carbocycles. The summed E-state index contributed by atoms with van der Waals surface area (Å²) in [4.78, 5) is 78.2. The molecular formula is C75H70Br5Cl5FN5O12. The lowest BCUT2D eigenvalue weighted by Crippen LogP contribution is -2.22. The fourth-order valence-corrected chi connectivity index (χ4v) is 10.7. The molecule has 17 nitrogen and oxygen atoms in total. The molecule has 2 amide bonds. The molecule has 0 unspecified atom stereocenters. The Morgan fingerprint density at radius 1 is 0.573 bits per heavy atom. The topological polar surface area (TPSA) is 249 Å². The van der Waals surface area contributed by atoms with Crippen LogP contribution in [0, 0.1) is 13.8 Å². The number of para-hydroxylation sites is 3. The summed E-state index contributed by atoms with van der Waals surface area (Å²) in [7, 11) is 1.76. The number of methoxy groups -OCH3 is 2. The van der Waals surface area contributed by atoms with Crippen LogP contribution in [0.3, 0.4) is 0 Å². The first kappa shape index (κ1) is 89.3. The van der Waals surface area contributed by atoms with Crippen molar-refractivity contribution in [2.24, 2.45) is 0 Å². The van der Waals surface area contributed by atoms with E-state index in [2.05, 4.69) is 99.1 Å². The fourth-order valence-electron chi connectivity index (χ4n) is 8.45. The van der Waals surface area contributed by atoms with Gasteiger partial charge in [0.1, 0.15) is 17.2 Å². The zero-order chi connectivity index (χ0) is 76.6. The van der Waals surface area contributed by atoms with E-state index in [1.165, 1.54) is 20.4 Å². The van der Waals surface area contributed by atoms with Crippen molar-refractivity contribution in [1.29, 1.82) is 0 Å². The quantitative estimate of drug-likeness (QED) is 0.0596. The van der Waals surface area contributed by atoms with Crippen molar-refractivity contribution in [3.8, 4) is 17.2 Å². The highest BCUT2D eigenvalue weighted by molar-refractivity contribution is 9.11. The summed E-state index contributed by atoms with van der Waals surface area (Å²) >= 11 is 36.0. The second kappa shape index (κ2) is 48.9. The summed E-state index contributed by atoms with van der Waals surface area (Å²) in [5.41, 5.74) is 15.8. The highest BCUT2D eigenvalue weighted by atomic mass is 79.9. The average Bonchev–Trinajstić information content (AvgIpc) is 1.65. The van der Waals surface area contributed by atoms with Gasteiger partial charge in [-0.15, -0.1) is 12.4 Å². The molecule has 544 valence electrons. The molecule has 0 atom stereocenters. The monoisotopic (exact) mass is 1820 g/mol. The maximum Gasteiger partial charge on any atom is 0.338 e. The molecule has 2 aliphatic heterocycles. The van der Waals surface area contributed by atoms with Crippen molar-refractivity contribution in [2.45, 2.75) is 48.9 Å². The zero-order valence-corrected chi connectivity index (χ0v) is 67.3. The van der Waals surface area contributed by atoms with E-state index in [9.17, 15) is 33.2 Å². The zero-order valence-electron chi connectivity index (χ0n) is 56.5. The van der Waals surface area contributed by atoms with Crippen LogP contribution in [-0.4, -0.2) is 85.6 Å². The van der Waals surface area contributed by atoms with E-state index in [0.717, 1.165) is 73.9 Å². The van der Waals surface area contributed by atoms with Crippen molar-refractivity contribution in [1.82, 2.24) is 9.97 Å². The van der Waals surface area contributed by atoms with Gasteiger partial charge in [0.25, 0.3) is 15.1 Å². The van der Waals surface area contributed by atoms with Gasteiger partial charge >= 0.3 is 23.9 Å². The summed E-state index contributed by atoms with van der Waals surface area (Å²) in [6.07, 6.45) is 6.58. The van der Waals surface area contributed by atoms with Gasteiger partial charge in [0, 0.05) is 70.2 Å². The number of nitrogens with two attached hydrogens (primary N) is 1. The Hall–Kier alpha value is -7.94. The van der Waals surface area contributed by atoms with Gasteiger partial charge in [0.15, 0.2) is 0 Å². The Labute approximate surface area is 666 Å². The minimum absolute atomic E-state index is 0. The molecule has 0 spiro atoms. The van der Waals surface area contributed by atoms with Crippen molar-refractivity contribution < 1.29 is 64.1 Å². The fraction of sp³-hybridized carbons (Fsp3) is 0.147. The first-order valence-corrected chi connectivity index (χ1v) is 35.5. The Bertz CT molecular complexity index is 4270. The first-order chi connectivity index (χ1) is 49.0. The van der Waals surface area contributed by atoms with Gasteiger partial charge in [-0.2, -0.15) is 0 Å². The second-order valence-electron chi connectivity index (χ2n) is 20.3. The van der Waals surface area contributed by atoms with Crippen LogP contribution in [0.5, 0.6) is 17.2 Å². The second-order valence-corrected chi connectivity index (χ2v) is 28.0. The number of ether oxygens (including phenoxy) is 3. The summed E-state index contributed by atoms with van der Waals surface area (Å²) in [6, 6.07) is 63.2. The van der Waals surface area contributed by atoms with Crippen LogP contribution in [0.25, 0.3) is 0 Å². The summed E-state index contributed by atoms with van der Waals surface area (Å²) in [6.45, 7) is 6.45. The van der Waals surface area contributed by atoms with Gasteiger partial charge < -0.3 is 45.1 Å². The number of aromatic carboxylic acids is 1. The maximum atomic E-state index is 12.5. The normalized spacial score (nSPS) is 10.9. The molecule has 12 rings (SSSR count). The third kappa shape index (κ3) is 34.0.